The average molecular weight is 313 g/mol. The van der Waals surface area contributed by atoms with Crippen LogP contribution in [0.2, 0.25) is 5.02 Å². The monoisotopic (exact) mass is 312 g/mol. The maximum atomic E-state index is 11.8. The topological polar surface area (TPSA) is 44.9 Å². The number of halogens is 1. The van der Waals surface area contributed by atoms with Crippen molar-refractivity contribution in [1.29, 1.82) is 0 Å². The Morgan fingerprint density at radius 3 is 2.95 bits per heavy atom. The van der Waals surface area contributed by atoms with Crippen LogP contribution in [0.25, 0.3) is 0 Å². The van der Waals surface area contributed by atoms with Crippen molar-refractivity contribution < 1.29 is 4.79 Å². The van der Waals surface area contributed by atoms with Crippen molar-refractivity contribution in [3.63, 3.8) is 0 Å². The molecule has 1 aromatic carbocycles. The number of hydrogen-bond donors (Lipinski definition) is 2. The summed E-state index contributed by atoms with van der Waals surface area (Å²) in [6, 6.07) is 7.44. The van der Waals surface area contributed by atoms with Gasteiger partial charge in [0.15, 0.2) is 3.95 Å². The van der Waals surface area contributed by atoms with Gasteiger partial charge in [0, 0.05) is 22.1 Å². The smallest absolute Gasteiger partial charge is 0.225 e. The van der Waals surface area contributed by atoms with Gasteiger partial charge in [-0.15, -0.1) is 11.3 Å². The fourth-order valence-corrected chi connectivity index (χ4v) is 3.16. The largest absolute Gasteiger partial charge is 0.352 e. The molecule has 0 saturated heterocycles. The SMILES string of the molecule is Cc1[nH]c(=S)sc1CC(=O)NCc1cccc(Cl)c1. The molecule has 0 bridgehead atoms. The van der Waals surface area contributed by atoms with Gasteiger partial charge in [0.05, 0.1) is 6.42 Å². The molecule has 2 aromatic rings. The maximum Gasteiger partial charge on any atom is 0.225 e. The summed E-state index contributed by atoms with van der Waals surface area (Å²) in [5.74, 6) is -0.0201. The zero-order valence-electron chi connectivity index (χ0n) is 10.3. The quantitative estimate of drug-likeness (QED) is 0.847. The van der Waals surface area contributed by atoms with Crippen LogP contribution in [-0.2, 0) is 17.8 Å². The molecule has 0 fully saturated rings. The summed E-state index contributed by atoms with van der Waals surface area (Å²) in [5, 5.41) is 3.54. The van der Waals surface area contributed by atoms with E-state index in [0.717, 1.165) is 16.1 Å². The average Bonchev–Trinajstić information content (AvgIpc) is 2.65. The Kier molecular flexibility index (Phi) is 4.74. The van der Waals surface area contributed by atoms with Crippen LogP contribution in [0.4, 0.5) is 0 Å². The Balaban J connectivity index is 1.92. The summed E-state index contributed by atoms with van der Waals surface area (Å²) in [6.45, 7) is 2.40. The van der Waals surface area contributed by atoms with Crippen molar-refractivity contribution in [2.45, 2.75) is 19.9 Å². The number of thiazole rings is 1. The Labute approximate surface area is 125 Å². The normalized spacial score (nSPS) is 10.4. The molecular formula is C13H13ClN2OS2. The van der Waals surface area contributed by atoms with E-state index >= 15 is 0 Å². The van der Waals surface area contributed by atoms with E-state index < -0.39 is 0 Å². The number of carbonyl (C=O) groups excluding carboxylic acids is 1. The van der Waals surface area contributed by atoms with E-state index in [1.807, 2.05) is 31.2 Å². The molecule has 0 aliphatic carbocycles. The Morgan fingerprint density at radius 1 is 1.53 bits per heavy atom. The Bertz CT molecular complexity index is 648. The standard InChI is InChI=1S/C13H13ClN2OS2/c1-8-11(19-13(18)16-8)6-12(17)15-7-9-3-2-4-10(14)5-9/h2-5H,6-7H2,1H3,(H,15,17)(H,16,18). The third-order valence-corrected chi connectivity index (χ3v) is 4.20. The van der Waals surface area contributed by atoms with Crippen molar-refractivity contribution in [1.82, 2.24) is 10.3 Å². The Hall–Kier alpha value is -1.17. The number of benzene rings is 1. The first kappa shape index (κ1) is 14.2. The highest BCUT2D eigenvalue weighted by atomic mass is 35.5. The molecule has 0 atom stereocenters. The van der Waals surface area contributed by atoms with Gasteiger partial charge < -0.3 is 10.3 Å². The number of aryl methyl sites for hydroxylation is 1. The van der Waals surface area contributed by atoms with E-state index in [-0.39, 0.29) is 5.91 Å². The summed E-state index contributed by atoms with van der Waals surface area (Å²) in [7, 11) is 0. The zero-order valence-corrected chi connectivity index (χ0v) is 12.7. The molecule has 6 heteroatoms. The summed E-state index contributed by atoms with van der Waals surface area (Å²) in [5.41, 5.74) is 1.95. The number of nitrogens with one attached hydrogen (secondary N) is 2. The first-order valence-corrected chi connectivity index (χ1v) is 7.34. The summed E-state index contributed by atoms with van der Waals surface area (Å²) in [4.78, 5) is 15.9. The number of amides is 1. The van der Waals surface area contributed by atoms with Gasteiger partial charge in [-0.2, -0.15) is 0 Å². The van der Waals surface area contributed by atoms with Crippen LogP contribution in [-0.4, -0.2) is 10.9 Å². The molecule has 0 aliphatic rings. The fraction of sp³-hybridized carbons (Fsp3) is 0.231. The third-order valence-electron chi connectivity index (χ3n) is 2.62. The lowest BCUT2D eigenvalue weighted by atomic mass is 10.2. The summed E-state index contributed by atoms with van der Waals surface area (Å²) >= 11 is 12.4. The summed E-state index contributed by atoms with van der Waals surface area (Å²) < 4.78 is 0.704. The van der Waals surface area contributed by atoms with Gasteiger partial charge in [-0.25, -0.2) is 0 Å². The van der Waals surface area contributed by atoms with E-state index in [9.17, 15) is 4.79 Å². The highest BCUT2D eigenvalue weighted by Gasteiger charge is 2.08. The third kappa shape index (κ3) is 4.16. The van der Waals surface area contributed by atoms with Crippen molar-refractivity contribution >= 4 is 41.1 Å². The first-order valence-electron chi connectivity index (χ1n) is 5.74. The van der Waals surface area contributed by atoms with E-state index in [0.29, 0.717) is 21.9 Å². The minimum Gasteiger partial charge on any atom is -0.352 e. The lowest BCUT2D eigenvalue weighted by Gasteiger charge is -2.05. The van der Waals surface area contributed by atoms with Gasteiger partial charge in [0.1, 0.15) is 0 Å². The molecule has 100 valence electrons. The number of H-pyrrole nitrogens is 1. The highest BCUT2D eigenvalue weighted by Crippen LogP contribution is 2.15. The van der Waals surface area contributed by atoms with Gasteiger partial charge in [-0.1, -0.05) is 23.7 Å². The lowest BCUT2D eigenvalue weighted by molar-refractivity contribution is -0.120. The molecule has 2 N–H and O–H groups in total. The van der Waals surface area contributed by atoms with Crippen LogP contribution >= 0.6 is 35.2 Å². The number of hydrogen-bond acceptors (Lipinski definition) is 3. The number of rotatable bonds is 4. The van der Waals surface area contributed by atoms with Crippen molar-refractivity contribution in [2.24, 2.45) is 0 Å². The minimum absolute atomic E-state index is 0.0201. The van der Waals surface area contributed by atoms with E-state index in [2.05, 4.69) is 10.3 Å². The second-order valence-electron chi connectivity index (χ2n) is 4.15. The van der Waals surface area contributed by atoms with Gasteiger partial charge in [0.25, 0.3) is 0 Å². The van der Waals surface area contributed by atoms with Crippen molar-refractivity contribution in [3.05, 3.63) is 49.4 Å². The van der Waals surface area contributed by atoms with E-state index in [1.54, 1.807) is 0 Å². The second kappa shape index (κ2) is 6.32. The van der Waals surface area contributed by atoms with E-state index in [1.165, 1.54) is 11.3 Å². The molecule has 1 amide bonds. The van der Waals surface area contributed by atoms with Gasteiger partial charge in [-0.3, -0.25) is 4.79 Å². The molecule has 0 unspecified atom stereocenters. The molecule has 2 rings (SSSR count). The van der Waals surface area contributed by atoms with Crippen LogP contribution < -0.4 is 5.32 Å². The van der Waals surface area contributed by atoms with Crippen LogP contribution in [0.15, 0.2) is 24.3 Å². The second-order valence-corrected chi connectivity index (χ2v) is 6.35. The first-order chi connectivity index (χ1) is 9.04. The predicted octanol–water partition coefficient (Wildman–Crippen LogP) is 3.63. The molecule has 3 nitrogen and oxygen atoms in total. The molecule has 0 spiro atoms. The van der Waals surface area contributed by atoms with Gasteiger partial charge in [-0.05, 0) is 36.8 Å². The minimum atomic E-state index is -0.0201. The lowest BCUT2D eigenvalue weighted by Crippen LogP contribution is -2.24. The van der Waals surface area contributed by atoms with Gasteiger partial charge in [0.2, 0.25) is 5.91 Å². The van der Waals surface area contributed by atoms with Crippen LogP contribution in [0.5, 0.6) is 0 Å². The van der Waals surface area contributed by atoms with Crippen molar-refractivity contribution in [2.75, 3.05) is 0 Å². The number of aromatic nitrogens is 1. The number of aromatic amines is 1. The highest BCUT2D eigenvalue weighted by molar-refractivity contribution is 7.73. The number of carbonyl (C=O) groups is 1. The van der Waals surface area contributed by atoms with E-state index in [4.69, 9.17) is 23.8 Å². The molecule has 0 aliphatic heterocycles. The zero-order chi connectivity index (χ0) is 13.8. The Morgan fingerprint density at radius 2 is 2.32 bits per heavy atom. The maximum absolute atomic E-state index is 11.8. The predicted molar refractivity (Wildman–Crippen MR) is 81.2 cm³/mol. The van der Waals surface area contributed by atoms with Crippen molar-refractivity contribution in [3.8, 4) is 0 Å². The molecule has 19 heavy (non-hydrogen) atoms. The fourth-order valence-electron chi connectivity index (χ4n) is 1.66. The van der Waals surface area contributed by atoms with Crippen LogP contribution in [0.3, 0.4) is 0 Å². The molecule has 1 aromatic heterocycles. The summed E-state index contributed by atoms with van der Waals surface area (Å²) in [6.07, 6.45) is 0.351. The molecule has 0 saturated carbocycles. The molecule has 1 heterocycles. The van der Waals surface area contributed by atoms with Crippen LogP contribution in [0.1, 0.15) is 16.1 Å². The van der Waals surface area contributed by atoms with Crippen LogP contribution in [0, 0.1) is 10.9 Å². The molecular weight excluding hydrogens is 300 g/mol. The van der Waals surface area contributed by atoms with Gasteiger partial charge >= 0.3 is 0 Å². The molecule has 0 radical (unpaired) electrons.